The van der Waals surface area contributed by atoms with Gasteiger partial charge in [0.25, 0.3) is 0 Å². The van der Waals surface area contributed by atoms with E-state index >= 15 is 0 Å². The van der Waals surface area contributed by atoms with E-state index < -0.39 is 43.4 Å². The number of carbonyl (C=O) groups excluding carboxylic acids is 1. The SMILES string of the molecule is CCCCCCC/C=C\C/C=C\C/C=C\CCCCCCCCCOCC(COC1OC(CO)C(O)C(O)C1O)OC(=O)CCCCCCCCCCCCCCCCCCCCCC. The van der Waals surface area contributed by atoms with Crippen LogP contribution in [0.2, 0.25) is 0 Å². The largest absolute Gasteiger partial charge is 0.457 e. The van der Waals surface area contributed by atoms with Crippen molar-refractivity contribution in [3.63, 3.8) is 0 Å². The highest BCUT2D eigenvalue weighted by molar-refractivity contribution is 5.69. The first-order valence-electron chi connectivity index (χ1n) is 27.6. The zero-order valence-electron chi connectivity index (χ0n) is 42.2. The second-order valence-electron chi connectivity index (χ2n) is 19.0. The molecule has 65 heavy (non-hydrogen) atoms. The van der Waals surface area contributed by atoms with Gasteiger partial charge < -0.3 is 39.4 Å². The van der Waals surface area contributed by atoms with Gasteiger partial charge in [-0.1, -0.05) is 230 Å². The molecule has 1 fully saturated rings. The fourth-order valence-electron chi connectivity index (χ4n) is 8.50. The molecule has 0 aliphatic carbocycles. The van der Waals surface area contributed by atoms with Crippen molar-refractivity contribution in [2.45, 2.75) is 288 Å². The lowest BCUT2D eigenvalue weighted by molar-refractivity contribution is -0.305. The molecular formula is C56H104O9. The van der Waals surface area contributed by atoms with Crippen LogP contribution in [0.3, 0.4) is 0 Å². The van der Waals surface area contributed by atoms with Crippen molar-refractivity contribution in [2.75, 3.05) is 26.4 Å². The van der Waals surface area contributed by atoms with E-state index in [1.54, 1.807) is 0 Å². The summed E-state index contributed by atoms with van der Waals surface area (Å²) in [5.74, 6) is -0.312. The van der Waals surface area contributed by atoms with Crippen molar-refractivity contribution in [1.29, 1.82) is 0 Å². The van der Waals surface area contributed by atoms with E-state index in [9.17, 15) is 25.2 Å². The Hall–Kier alpha value is -1.59. The van der Waals surface area contributed by atoms with Crippen molar-refractivity contribution in [3.05, 3.63) is 36.5 Å². The van der Waals surface area contributed by atoms with Crippen LogP contribution in [0.4, 0.5) is 0 Å². The molecule has 382 valence electrons. The maximum absolute atomic E-state index is 12.9. The van der Waals surface area contributed by atoms with Gasteiger partial charge in [-0.05, 0) is 51.4 Å². The molecule has 1 saturated heterocycles. The fraction of sp³-hybridized carbons (Fsp3) is 0.875. The number of allylic oxidation sites excluding steroid dienone is 6. The zero-order chi connectivity index (χ0) is 47.1. The maximum Gasteiger partial charge on any atom is 0.306 e. The third-order valence-electron chi connectivity index (χ3n) is 12.8. The normalized spacial score (nSPS) is 19.6. The van der Waals surface area contributed by atoms with Gasteiger partial charge in [0.05, 0.1) is 19.8 Å². The molecule has 1 rings (SSSR count). The average molecular weight is 921 g/mol. The predicted molar refractivity (Wildman–Crippen MR) is 270 cm³/mol. The Kier molecular flexibility index (Phi) is 44.9. The number of ether oxygens (including phenoxy) is 4. The van der Waals surface area contributed by atoms with E-state index in [2.05, 4.69) is 50.3 Å². The molecule has 0 aromatic rings. The Morgan fingerprint density at radius 3 is 1.34 bits per heavy atom. The van der Waals surface area contributed by atoms with Crippen LogP contribution in [0.1, 0.15) is 251 Å². The average Bonchev–Trinajstić information content (AvgIpc) is 3.31. The summed E-state index contributed by atoms with van der Waals surface area (Å²) in [5, 5.41) is 40.3. The summed E-state index contributed by atoms with van der Waals surface area (Å²) in [7, 11) is 0. The quantitative estimate of drug-likeness (QED) is 0.0267. The molecule has 1 heterocycles. The van der Waals surface area contributed by atoms with Crippen LogP contribution in [-0.2, 0) is 23.7 Å². The summed E-state index contributed by atoms with van der Waals surface area (Å²) in [6.45, 7) is 4.57. The highest BCUT2D eigenvalue weighted by atomic mass is 16.7. The fourth-order valence-corrected chi connectivity index (χ4v) is 8.50. The summed E-state index contributed by atoms with van der Waals surface area (Å²) in [4.78, 5) is 12.9. The van der Waals surface area contributed by atoms with Crippen molar-refractivity contribution in [3.8, 4) is 0 Å². The third kappa shape index (κ3) is 38.0. The topological polar surface area (TPSA) is 135 Å². The molecule has 0 saturated carbocycles. The number of carbonyl (C=O) groups is 1. The molecule has 4 N–H and O–H groups in total. The smallest absolute Gasteiger partial charge is 0.306 e. The molecular weight excluding hydrogens is 817 g/mol. The molecule has 0 spiro atoms. The number of unbranched alkanes of at least 4 members (excludes halogenated alkanes) is 31. The Morgan fingerprint density at radius 2 is 0.892 bits per heavy atom. The van der Waals surface area contributed by atoms with Crippen LogP contribution in [0.5, 0.6) is 0 Å². The van der Waals surface area contributed by atoms with E-state index in [1.807, 2.05) is 0 Å². The monoisotopic (exact) mass is 921 g/mol. The van der Waals surface area contributed by atoms with Crippen molar-refractivity contribution < 1.29 is 44.2 Å². The zero-order valence-corrected chi connectivity index (χ0v) is 42.2. The second kappa shape index (κ2) is 47.5. The minimum atomic E-state index is -1.54. The maximum atomic E-state index is 12.9. The highest BCUT2D eigenvalue weighted by Crippen LogP contribution is 2.23. The Bertz CT molecular complexity index is 1090. The first kappa shape index (κ1) is 61.4. The number of aliphatic hydroxyl groups excluding tert-OH is 4. The molecule has 1 aliphatic heterocycles. The minimum absolute atomic E-state index is 0.115. The standard InChI is InChI=1S/C56H104O9/c1-3-5-7-9-11-13-15-17-19-21-23-25-26-28-30-32-34-36-38-40-42-44-46-62-48-50(49-63-56-55(61)54(60)53(59)51(47-57)65-56)64-52(58)45-43-41-39-37-35-33-31-29-27-24-22-20-18-16-14-12-10-8-6-4-2/h15,17,21,23,26,28,50-51,53-57,59-61H,3-14,16,18-20,22,24-25,27,29-49H2,1-2H3/b17-15-,23-21-,28-26-. The van der Waals surface area contributed by atoms with Crippen LogP contribution in [0, 0.1) is 0 Å². The van der Waals surface area contributed by atoms with Gasteiger partial charge in [0.1, 0.15) is 30.5 Å². The molecule has 6 unspecified atom stereocenters. The van der Waals surface area contributed by atoms with E-state index in [0.717, 1.165) is 57.8 Å². The Morgan fingerprint density at radius 1 is 0.492 bits per heavy atom. The number of rotatable bonds is 48. The molecule has 0 bridgehead atoms. The van der Waals surface area contributed by atoms with Gasteiger partial charge in [0, 0.05) is 13.0 Å². The molecule has 0 amide bonds. The van der Waals surface area contributed by atoms with Crippen molar-refractivity contribution in [1.82, 2.24) is 0 Å². The van der Waals surface area contributed by atoms with E-state index in [4.69, 9.17) is 18.9 Å². The van der Waals surface area contributed by atoms with Crippen LogP contribution in [0.15, 0.2) is 36.5 Å². The minimum Gasteiger partial charge on any atom is -0.457 e. The van der Waals surface area contributed by atoms with E-state index in [1.165, 1.54) is 173 Å². The molecule has 0 aromatic heterocycles. The molecule has 0 aromatic carbocycles. The molecule has 6 atom stereocenters. The lowest BCUT2D eigenvalue weighted by Gasteiger charge is -2.39. The van der Waals surface area contributed by atoms with Gasteiger partial charge in [-0.3, -0.25) is 4.79 Å². The predicted octanol–water partition coefficient (Wildman–Crippen LogP) is 13.9. The number of hydrogen-bond acceptors (Lipinski definition) is 9. The lowest BCUT2D eigenvalue weighted by atomic mass is 9.99. The van der Waals surface area contributed by atoms with Crippen LogP contribution in [-0.4, -0.2) is 89.6 Å². The second-order valence-corrected chi connectivity index (χ2v) is 19.0. The van der Waals surface area contributed by atoms with Crippen LogP contribution < -0.4 is 0 Å². The Balaban J connectivity index is 2.18. The van der Waals surface area contributed by atoms with E-state index in [0.29, 0.717) is 13.0 Å². The van der Waals surface area contributed by atoms with Crippen LogP contribution >= 0.6 is 0 Å². The van der Waals surface area contributed by atoms with Gasteiger partial charge in [0.15, 0.2) is 6.29 Å². The van der Waals surface area contributed by atoms with Gasteiger partial charge in [0.2, 0.25) is 0 Å². The summed E-state index contributed by atoms with van der Waals surface area (Å²) >= 11 is 0. The number of aliphatic hydroxyl groups is 4. The van der Waals surface area contributed by atoms with Gasteiger partial charge in [-0.25, -0.2) is 0 Å². The molecule has 0 radical (unpaired) electrons. The lowest BCUT2D eigenvalue weighted by Crippen LogP contribution is -2.59. The Labute approximate surface area is 400 Å². The summed E-state index contributed by atoms with van der Waals surface area (Å²) in [6, 6.07) is 0. The third-order valence-corrected chi connectivity index (χ3v) is 12.8. The molecule has 9 heteroatoms. The summed E-state index contributed by atoms with van der Waals surface area (Å²) < 4.78 is 22.9. The molecule has 9 nitrogen and oxygen atoms in total. The van der Waals surface area contributed by atoms with Crippen molar-refractivity contribution in [2.24, 2.45) is 0 Å². The first-order valence-corrected chi connectivity index (χ1v) is 27.6. The van der Waals surface area contributed by atoms with E-state index in [-0.39, 0.29) is 19.2 Å². The van der Waals surface area contributed by atoms with Gasteiger partial charge in [-0.2, -0.15) is 0 Å². The van der Waals surface area contributed by atoms with Crippen LogP contribution in [0.25, 0.3) is 0 Å². The van der Waals surface area contributed by atoms with Crippen molar-refractivity contribution >= 4 is 5.97 Å². The number of hydrogen-bond donors (Lipinski definition) is 4. The summed E-state index contributed by atoms with van der Waals surface area (Å²) in [5.41, 5.74) is 0. The van der Waals surface area contributed by atoms with Gasteiger partial charge >= 0.3 is 5.97 Å². The summed E-state index contributed by atoms with van der Waals surface area (Å²) in [6.07, 6.45) is 51.8. The highest BCUT2D eigenvalue weighted by Gasteiger charge is 2.44. The molecule has 1 aliphatic rings. The number of esters is 1. The first-order chi connectivity index (χ1) is 31.9. The van der Waals surface area contributed by atoms with Gasteiger partial charge in [-0.15, -0.1) is 0 Å².